The Labute approximate surface area is 172 Å². The highest BCUT2D eigenvalue weighted by atomic mass is 32.2. The summed E-state index contributed by atoms with van der Waals surface area (Å²) >= 11 is 0. The molecule has 2 aromatic rings. The molecule has 0 radical (unpaired) electrons. The van der Waals surface area contributed by atoms with E-state index in [-0.39, 0.29) is 18.3 Å². The number of nitrogens with one attached hydrogen (secondary N) is 1. The maximum atomic E-state index is 12.8. The van der Waals surface area contributed by atoms with Crippen LogP contribution in [0.15, 0.2) is 61.2 Å². The molecule has 0 atom stereocenters. The minimum Gasteiger partial charge on any atom is -0.490 e. The lowest BCUT2D eigenvalue weighted by molar-refractivity contribution is -0.127. The number of fused-ring (bicyclic) bond motifs is 1. The number of sulfonamides is 1. The number of nitrogens with zero attached hydrogens (tertiary/aromatic N) is 1. The summed E-state index contributed by atoms with van der Waals surface area (Å²) in [7, 11) is -3.53. The Kier molecular flexibility index (Phi) is 5.98. The van der Waals surface area contributed by atoms with Crippen molar-refractivity contribution in [2.45, 2.75) is 20.3 Å². The average Bonchev–Trinajstić information content (AvgIpc) is 2.77. The lowest BCUT2D eigenvalue weighted by atomic mass is 9.93. The summed E-state index contributed by atoms with van der Waals surface area (Å²) in [6, 6.07) is 14.4. The number of anilines is 2. The van der Waals surface area contributed by atoms with Crippen molar-refractivity contribution in [2.24, 2.45) is 5.41 Å². The Morgan fingerprint density at radius 3 is 2.62 bits per heavy atom. The van der Waals surface area contributed by atoms with Gasteiger partial charge in [-0.15, -0.1) is 6.58 Å². The van der Waals surface area contributed by atoms with E-state index in [0.29, 0.717) is 30.1 Å². The molecular weight excluding hydrogens is 388 g/mol. The number of rotatable bonds is 7. The van der Waals surface area contributed by atoms with Gasteiger partial charge < -0.3 is 9.64 Å². The molecule has 7 heteroatoms. The fraction of sp³-hybridized carbons (Fsp3) is 0.318. The molecule has 1 N–H and O–H groups in total. The van der Waals surface area contributed by atoms with E-state index >= 15 is 0 Å². The number of amides is 1. The topological polar surface area (TPSA) is 75.7 Å². The second-order valence-corrected chi connectivity index (χ2v) is 9.56. The van der Waals surface area contributed by atoms with Crippen molar-refractivity contribution in [2.75, 3.05) is 28.5 Å². The van der Waals surface area contributed by atoms with Crippen LogP contribution in [0.4, 0.5) is 11.4 Å². The SMILES string of the molecule is C=CCN1C(=O)C(C)(C)COc2cc(NS(=O)(=O)CCc3ccccc3)ccc21. The first-order valence-corrected chi connectivity index (χ1v) is 11.1. The molecule has 0 unspecified atom stereocenters. The summed E-state index contributed by atoms with van der Waals surface area (Å²) in [6.45, 7) is 7.93. The fourth-order valence-corrected chi connectivity index (χ4v) is 4.24. The van der Waals surface area contributed by atoms with Crippen LogP contribution in [0.2, 0.25) is 0 Å². The first kappa shape index (κ1) is 20.9. The number of hydrogen-bond acceptors (Lipinski definition) is 4. The van der Waals surface area contributed by atoms with Gasteiger partial charge in [0.15, 0.2) is 0 Å². The fourth-order valence-electron chi connectivity index (χ4n) is 3.15. The van der Waals surface area contributed by atoms with Crippen LogP contribution in [-0.2, 0) is 21.2 Å². The molecule has 154 valence electrons. The average molecular weight is 415 g/mol. The summed E-state index contributed by atoms with van der Waals surface area (Å²) in [6.07, 6.45) is 2.08. The van der Waals surface area contributed by atoms with Crippen LogP contribution in [-0.4, -0.2) is 33.2 Å². The van der Waals surface area contributed by atoms with Crippen LogP contribution < -0.4 is 14.4 Å². The molecule has 1 heterocycles. The maximum absolute atomic E-state index is 12.8. The lowest BCUT2D eigenvalue weighted by Crippen LogP contribution is -2.42. The third-order valence-electron chi connectivity index (χ3n) is 4.75. The van der Waals surface area contributed by atoms with Gasteiger partial charge >= 0.3 is 0 Å². The second kappa shape index (κ2) is 8.29. The Bertz CT molecular complexity index is 1000. The minimum atomic E-state index is -3.53. The Morgan fingerprint density at radius 1 is 1.21 bits per heavy atom. The summed E-state index contributed by atoms with van der Waals surface area (Å²) in [4.78, 5) is 14.5. The number of carbonyl (C=O) groups is 1. The van der Waals surface area contributed by atoms with Gasteiger partial charge in [-0.05, 0) is 38.0 Å². The van der Waals surface area contributed by atoms with Crippen molar-refractivity contribution in [3.05, 3.63) is 66.7 Å². The number of aryl methyl sites for hydroxylation is 1. The van der Waals surface area contributed by atoms with Gasteiger partial charge in [0.25, 0.3) is 0 Å². The van der Waals surface area contributed by atoms with E-state index in [4.69, 9.17) is 4.74 Å². The van der Waals surface area contributed by atoms with Gasteiger partial charge in [0, 0.05) is 12.6 Å². The first-order valence-electron chi connectivity index (χ1n) is 9.46. The van der Waals surface area contributed by atoms with Gasteiger partial charge in [-0.3, -0.25) is 9.52 Å². The van der Waals surface area contributed by atoms with Crippen LogP contribution in [0.1, 0.15) is 19.4 Å². The van der Waals surface area contributed by atoms with Gasteiger partial charge in [0.05, 0.1) is 22.5 Å². The molecule has 0 bridgehead atoms. The van der Waals surface area contributed by atoms with Crippen LogP contribution in [0.5, 0.6) is 5.75 Å². The third kappa shape index (κ3) is 4.98. The monoisotopic (exact) mass is 414 g/mol. The van der Waals surface area contributed by atoms with Crippen molar-refractivity contribution in [1.82, 2.24) is 0 Å². The number of hydrogen-bond donors (Lipinski definition) is 1. The predicted molar refractivity (Wildman–Crippen MR) is 116 cm³/mol. The Hall–Kier alpha value is -2.80. The van der Waals surface area contributed by atoms with E-state index in [1.807, 2.05) is 44.2 Å². The summed E-state index contributed by atoms with van der Waals surface area (Å²) in [5.74, 6) is 0.379. The van der Waals surface area contributed by atoms with Crippen LogP contribution in [0.25, 0.3) is 0 Å². The van der Waals surface area contributed by atoms with E-state index < -0.39 is 15.4 Å². The van der Waals surface area contributed by atoms with Gasteiger partial charge in [0.1, 0.15) is 12.4 Å². The first-order chi connectivity index (χ1) is 13.7. The molecule has 0 spiro atoms. The quantitative estimate of drug-likeness (QED) is 0.703. The van der Waals surface area contributed by atoms with E-state index in [0.717, 1.165) is 5.56 Å². The van der Waals surface area contributed by atoms with Gasteiger partial charge in [-0.25, -0.2) is 8.42 Å². The van der Waals surface area contributed by atoms with Crippen LogP contribution in [0, 0.1) is 5.41 Å². The lowest BCUT2D eigenvalue weighted by Gasteiger charge is -2.27. The van der Waals surface area contributed by atoms with Crippen molar-refractivity contribution in [3.63, 3.8) is 0 Å². The molecule has 0 saturated heterocycles. The summed E-state index contributed by atoms with van der Waals surface area (Å²) in [5.41, 5.74) is 1.27. The highest BCUT2D eigenvalue weighted by Crippen LogP contribution is 2.38. The smallest absolute Gasteiger partial charge is 0.236 e. The van der Waals surface area contributed by atoms with Gasteiger partial charge in [-0.1, -0.05) is 36.4 Å². The predicted octanol–water partition coefficient (Wildman–Crippen LogP) is 3.61. The molecule has 29 heavy (non-hydrogen) atoms. The van der Waals surface area contributed by atoms with Crippen molar-refractivity contribution < 1.29 is 17.9 Å². The van der Waals surface area contributed by atoms with E-state index in [9.17, 15) is 13.2 Å². The third-order valence-corrected chi connectivity index (χ3v) is 6.04. The zero-order valence-corrected chi connectivity index (χ0v) is 17.5. The Morgan fingerprint density at radius 2 is 1.93 bits per heavy atom. The molecule has 1 aliphatic heterocycles. The molecule has 0 fully saturated rings. The van der Waals surface area contributed by atoms with E-state index in [2.05, 4.69) is 11.3 Å². The minimum absolute atomic E-state index is 0.0247. The van der Waals surface area contributed by atoms with Gasteiger partial charge in [-0.2, -0.15) is 0 Å². The molecule has 0 aliphatic carbocycles. The molecular formula is C22H26N2O4S. The Balaban J connectivity index is 1.80. The molecule has 3 rings (SSSR count). The number of carbonyl (C=O) groups excluding carboxylic acids is 1. The molecule has 1 aliphatic rings. The standard InChI is InChI=1S/C22H26N2O4S/c1-4-13-24-19-11-10-18(15-20(19)28-16-22(2,3)21(24)25)23-29(26,27)14-12-17-8-6-5-7-9-17/h4-11,15,23H,1,12-14,16H2,2-3H3. The largest absolute Gasteiger partial charge is 0.490 e. The zero-order chi connectivity index (χ0) is 21.1. The number of benzene rings is 2. The van der Waals surface area contributed by atoms with Crippen LogP contribution >= 0.6 is 0 Å². The summed E-state index contributed by atoms with van der Waals surface area (Å²) < 4.78 is 33.5. The van der Waals surface area contributed by atoms with Crippen LogP contribution in [0.3, 0.4) is 0 Å². The van der Waals surface area contributed by atoms with Gasteiger partial charge in [0.2, 0.25) is 15.9 Å². The van der Waals surface area contributed by atoms with Crippen molar-refractivity contribution >= 4 is 27.3 Å². The molecule has 1 amide bonds. The van der Waals surface area contributed by atoms with Crippen molar-refractivity contribution in [1.29, 1.82) is 0 Å². The highest BCUT2D eigenvalue weighted by molar-refractivity contribution is 7.92. The highest BCUT2D eigenvalue weighted by Gasteiger charge is 2.37. The molecule has 6 nitrogen and oxygen atoms in total. The molecule has 0 saturated carbocycles. The second-order valence-electron chi connectivity index (χ2n) is 7.72. The summed E-state index contributed by atoms with van der Waals surface area (Å²) in [5, 5.41) is 0. The number of ether oxygens (including phenoxy) is 1. The maximum Gasteiger partial charge on any atom is 0.236 e. The van der Waals surface area contributed by atoms with Crippen molar-refractivity contribution in [3.8, 4) is 5.75 Å². The molecule has 2 aromatic carbocycles. The molecule has 0 aromatic heterocycles. The normalized spacial score (nSPS) is 15.8. The van der Waals surface area contributed by atoms with E-state index in [1.165, 1.54) is 0 Å². The van der Waals surface area contributed by atoms with E-state index in [1.54, 1.807) is 29.2 Å². The zero-order valence-electron chi connectivity index (χ0n) is 16.7.